The summed E-state index contributed by atoms with van der Waals surface area (Å²) in [6, 6.07) is 6.66. The third-order valence-corrected chi connectivity index (χ3v) is 1.50. The Balaban J connectivity index is 2.64. The van der Waals surface area contributed by atoms with Gasteiger partial charge < -0.3 is 21.9 Å². The molecule has 0 aliphatic carbocycles. The lowest BCUT2D eigenvalue weighted by atomic mass is 10.3. The molecule has 70 valence electrons. The number of hydrogen-bond acceptors (Lipinski definition) is 4. The van der Waals surface area contributed by atoms with Crippen LogP contribution in [0.15, 0.2) is 24.3 Å². The molecule has 1 rings (SSSR count). The average molecular weight is 181 g/mol. The third kappa shape index (κ3) is 2.64. The molecule has 6 N–H and O–H groups in total. The van der Waals surface area contributed by atoms with Crippen LogP contribution in [0.2, 0.25) is 0 Å². The van der Waals surface area contributed by atoms with Crippen molar-refractivity contribution in [3.63, 3.8) is 0 Å². The fourth-order valence-electron chi connectivity index (χ4n) is 0.821. The van der Waals surface area contributed by atoms with Crippen LogP contribution in [0.4, 0.5) is 11.4 Å². The summed E-state index contributed by atoms with van der Waals surface area (Å²) in [6.07, 6.45) is -1.09. The predicted octanol–water partition coefficient (Wildman–Crippen LogP) is 0.0501. The zero-order chi connectivity index (χ0) is 9.84. The van der Waals surface area contributed by atoms with Gasteiger partial charge in [-0.3, -0.25) is 0 Å². The summed E-state index contributed by atoms with van der Waals surface area (Å²) in [5.74, 6) is -1.10. The molecule has 5 heteroatoms. The topological polar surface area (TPSA) is 101 Å². The van der Waals surface area contributed by atoms with E-state index in [0.29, 0.717) is 11.4 Å². The number of hydrogen-bond donors (Lipinski definition) is 4. The summed E-state index contributed by atoms with van der Waals surface area (Å²) in [6.45, 7) is 0. The van der Waals surface area contributed by atoms with Crippen molar-refractivity contribution in [1.82, 2.24) is 0 Å². The van der Waals surface area contributed by atoms with Gasteiger partial charge in [0, 0.05) is 11.4 Å². The van der Waals surface area contributed by atoms with Crippen molar-refractivity contribution in [2.45, 2.75) is 6.17 Å². The molecule has 1 aromatic rings. The summed E-state index contributed by atoms with van der Waals surface area (Å²) in [7, 11) is 0. The fraction of sp³-hybridized carbons (Fsp3) is 0.125. The number of nitrogens with two attached hydrogens (primary N) is 2. The minimum atomic E-state index is -1.10. The summed E-state index contributed by atoms with van der Waals surface area (Å²) >= 11 is 0. The maximum absolute atomic E-state index is 10.4. The maximum atomic E-state index is 10.4. The number of carbonyl (C=O) groups is 1. The molecule has 0 aliphatic heterocycles. The van der Waals surface area contributed by atoms with Crippen molar-refractivity contribution < 1.29 is 9.90 Å². The number of rotatable bonds is 3. The van der Waals surface area contributed by atoms with E-state index in [2.05, 4.69) is 5.32 Å². The second-order valence-corrected chi connectivity index (χ2v) is 2.58. The largest absolute Gasteiger partial charge is 0.479 e. The van der Waals surface area contributed by atoms with Gasteiger partial charge in [0.2, 0.25) is 0 Å². The molecule has 0 bridgehead atoms. The molecular formula is C8H11N3O2. The normalized spacial score (nSPS) is 12.1. The number of carboxylic acid groups (broad SMARTS) is 1. The Bertz CT molecular complexity index is 297. The first-order chi connectivity index (χ1) is 6.09. The molecule has 0 fully saturated rings. The molecule has 13 heavy (non-hydrogen) atoms. The van der Waals surface area contributed by atoms with Gasteiger partial charge in [0.1, 0.15) is 0 Å². The standard InChI is InChI=1S/C8H11N3O2/c9-5-1-3-6(4-2-5)11-7(10)8(12)13/h1-4,7,11H,9-10H2,(H,12,13). The second-order valence-electron chi connectivity index (χ2n) is 2.58. The van der Waals surface area contributed by atoms with E-state index in [0.717, 1.165) is 0 Å². The van der Waals surface area contributed by atoms with Crippen LogP contribution in [0.1, 0.15) is 0 Å². The summed E-state index contributed by atoms with van der Waals surface area (Å²) in [5.41, 5.74) is 11.9. The maximum Gasteiger partial charge on any atom is 0.341 e. The Kier molecular flexibility index (Phi) is 2.71. The van der Waals surface area contributed by atoms with Gasteiger partial charge in [-0.25, -0.2) is 4.79 Å². The van der Waals surface area contributed by atoms with Crippen molar-refractivity contribution in [2.75, 3.05) is 11.1 Å². The summed E-state index contributed by atoms with van der Waals surface area (Å²) in [5, 5.41) is 11.1. The van der Waals surface area contributed by atoms with Crippen LogP contribution in [0.5, 0.6) is 0 Å². The van der Waals surface area contributed by atoms with Gasteiger partial charge in [-0.05, 0) is 24.3 Å². The smallest absolute Gasteiger partial charge is 0.341 e. The molecule has 0 aliphatic rings. The van der Waals surface area contributed by atoms with E-state index in [1.807, 2.05) is 0 Å². The van der Waals surface area contributed by atoms with Crippen LogP contribution < -0.4 is 16.8 Å². The first kappa shape index (κ1) is 9.34. The first-order valence-electron chi connectivity index (χ1n) is 3.70. The molecule has 0 saturated carbocycles. The number of nitrogens with one attached hydrogen (secondary N) is 1. The van der Waals surface area contributed by atoms with E-state index in [1.54, 1.807) is 24.3 Å². The van der Waals surface area contributed by atoms with Gasteiger partial charge in [0.05, 0.1) is 0 Å². The number of benzene rings is 1. The van der Waals surface area contributed by atoms with Crippen molar-refractivity contribution in [1.29, 1.82) is 0 Å². The van der Waals surface area contributed by atoms with Crippen molar-refractivity contribution in [2.24, 2.45) is 5.73 Å². The van der Waals surface area contributed by atoms with Gasteiger partial charge in [0.25, 0.3) is 0 Å². The lowest BCUT2D eigenvalue weighted by Gasteiger charge is -2.10. The molecule has 1 unspecified atom stereocenters. The van der Waals surface area contributed by atoms with Crippen molar-refractivity contribution >= 4 is 17.3 Å². The van der Waals surface area contributed by atoms with E-state index in [-0.39, 0.29) is 0 Å². The average Bonchev–Trinajstić information content (AvgIpc) is 2.08. The van der Waals surface area contributed by atoms with Gasteiger partial charge >= 0.3 is 5.97 Å². The molecule has 0 saturated heterocycles. The van der Waals surface area contributed by atoms with E-state index < -0.39 is 12.1 Å². The van der Waals surface area contributed by atoms with Gasteiger partial charge in [-0.1, -0.05) is 0 Å². The highest BCUT2D eigenvalue weighted by Crippen LogP contribution is 2.10. The molecule has 0 radical (unpaired) electrons. The van der Waals surface area contributed by atoms with Crippen LogP contribution in [-0.2, 0) is 4.79 Å². The van der Waals surface area contributed by atoms with Gasteiger partial charge in [-0.15, -0.1) is 0 Å². The van der Waals surface area contributed by atoms with Crippen LogP contribution >= 0.6 is 0 Å². The molecule has 0 aromatic heterocycles. The molecule has 0 heterocycles. The van der Waals surface area contributed by atoms with E-state index in [9.17, 15) is 4.79 Å². The second kappa shape index (κ2) is 3.77. The number of nitrogen functional groups attached to an aromatic ring is 1. The van der Waals surface area contributed by atoms with Crippen molar-refractivity contribution in [3.05, 3.63) is 24.3 Å². The third-order valence-electron chi connectivity index (χ3n) is 1.50. The predicted molar refractivity (Wildman–Crippen MR) is 50.1 cm³/mol. The van der Waals surface area contributed by atoms with Gasteiger partial charge in [0.15, 0.2) is 6.17 Å². The van der Waals surface area contributed by atoms with E-state index in [1.165, 1.54) is 0 Å². The van der Waals surface area contributed by atoms with Crippen LogP contribution in [0, 0.1) is 0 Å². The molecule has 0 amide bonds. The quantitative estimate of drug-likeness (QED) is 0.390. The van der Waals surface area contributed by atoms with Crippen LogP contribution in [-0.4, -0.2) is 17.2 Å². The Hall–Kier alpha value is -1.75. The highest BCUT2D eigenvalue weighted by Gasteiger charge is 2.09. The lowest BCUT2D eigenvalue weighted by Crippen LogP contribution is -2.37. The Morgan fingerprint density at radius 2 is 1.92 bits per heavy atom. The number of carboxylic acids is 1. The molecular weight excluding hydrogens is 170 g/mol. The number of aliphatic carboxylic acids is 1. The van der Waals surface area contributed by atoms with Crippen molar-refractivity contribution in [3.8, 4) is 0 Å². The molecule has 1 atom stereocenters. The molecule has 1 aromatic carbocycles. The van der Waals surface area contributed by atoms with E-state index >= 15 is 0 Å². The van der Waals surface area contributed by atoms with E-state index in [4.69, 9.17) is 16.6 Å². The molecule has 5 nitrogen and oxygen atoms in total. The Labute approximate surface area is 75.3 Å². The minimum absolute atomic E-state index is 0.620. The highest BCUT2D eigenvalue weighted by atomic mass is 16.4. The lowest BCUT2D eigenvalue weighted by molar-refractivity contribution is -0.137. The minimum Gasteiger partial charge on any atom is -0.479 e. The summed E-state index contributed by atoms with van der Waals surface area (Å²) < 4.78 is 0. The van der Waals surface area contributed by atoms with Crippen LogP contribution in [0.25, 0.3) is 0 Å². The first-order valence-corrected chi connectivity index (χ1v) is 3.70. The van der Waals surface area contributed by atoms with Crippen LogP contribution in [0.3, 0.4) is 0 Å². The van der Waals surface area contributed by atoms with Gasteiger partial charge in [-0.2, -0.15) is 0 Å². The zero-order valence-electron chi connectivity index (χ0n) is 6.90. The fourth-order valence-corrected chi connectivity index (χ4v) is 0.821. The number of anilines is 2. The monoisotopic (exact) mass is 181 g/mol. The molecule has 0 spiro atoms. The zero-order valence-corrected chi connectivity index (χ0v) is 6.90. The summed E-state index contributed by atoms with van der Waals surface area (Å²) in [4.78, 5) is 10.4. The SMILES string of the molecule is Nc1ccc(NC(N)C(=O)O)cc1. The Morgan fingerprint density at radius 3 is 2.38 bits per heavy atom. The Morgan fingerprint density at radius 1 is 1.38 bits per heavy atom. The highest BCUT2D eigenvalue weighted by molar-refractivity contribution is 5.76.